The number of piperidine rings is 1. The minimum absolute atomic E-state index is 0.0454. The first-order valence-corrected chi connectivity index (χ1v) is 12.8. The Labute approximate surface area is 198 Å². The summed E-state index contributed by atoms with van der Waals surface area (Å²) in [7, 11) is -3.65. The second kappa shape index (κ2) is 9.18. The van der Waals surface area contributed by atoms with E-state index in [9.17, 15) is 13.2 Å². The predicted octanol–water partition coefficient (Wildman–Crippen LogP) is 2.25. The number of pyridine rings is 1. The molecule has 0 aliphatic carbocycles. The zero-order valence-electron chi connectivity index (χ0n) is 18.6. The van der Waals surface area contributed by atoms with Gasteiger partial charge in [0.2, 0.25) is 10.0 Å². The van der Waals surface area contributed by atoms with Gasteiger partial charge in [-0.1, -0.05) is 6.07 Å². The molecule has 2 aliphatic heterocycles. The minimum atomic E-state index is -3.65. The van der Waals surface area contributed by atoms with Crippen molar-refractivity contribution < 1.29 is 17.9 Å². The summed E-state index contributed by atoms with van der Waals surface area (Å²) in [5, 5.41) is 13.4. The highest BCUT2D eigenvalue weighted by atomic mass is 32.2. The summed E-state index contributed by atoms with van der Waals surface area (Å²) < 4.78 is 34.7. The number of aromatic nitrogens is 2. The van der Waals surface area contributed by atoms with Crippen LogP contribution in [0.3, 0.4) is 0 Å². The number of hydrogen-bond donors (Lipinski definition) is 0. The molecule has 2 fully saturated rings. The fourth-order valence-corrected chi connectivity index (χ4v) is 6.17. The van der Waals surface area contributed by atoms with Crippen molar-refractivity contribution in [3.05, 3.63) is 65.5 Å². The monoisotopic (exact) mass is 479 g/mol. The number of carbonyl (C=O) groups excluding carboxylic acids is 1. The van der Waals surface area contributed by atoms with Crippen molar-refractivity contribution in [2.75, 3.05) is 39.4 Å². The van der Waals surface area contributed by atoms with Crippen molar-refractivity contribution in [2.24, 2.45) is 0 Å². The molecule has 2 saturated heterocycles. The largest absolute Gasteiger partial charge is 0.378 e. The number of sulfonamides is 1. The van der Waals surface area contributed by atoms with Crippen LogP contribution in [0.2, 0.25) is 0 Å². The van der Waals surface area contributed by atoms with Gasteiger partial charge in [0, 0.05) is 32.4 Å². The molecular weight excluding hydrogens is 454 g/mol. The standard InChI is InChI=1S/C24H25N5O4S/c25-16-18-2-1-3-21(14-18)34(31,32)28-7-4-19(5-8-28)20-6-9-29-23(15-20)22(17-26-29)24(30)27-10-12-33-13-11-27/h1-3,6,9,14-15,17,19H,4-5,7-8,10-13H2. The Balaban J connectivity index is 1.33. The number of rotatable bonds is 4. The van der Waals surface area contributed by atoms with Gasteiger partial charge in [-0.05, 0) is 54.7 Å². The Morgan fingerprint density at radius 1 is 1.09 bits per heavy atom. The van der Waals surface area contributed by atoms with Crippen molar-refractivity contribution in [1.29, 1.82) is 5.26 Å². The Morgan fingerprint density at radius 2 is 1.85 bits per heavy atom. The van der Waals surface area contributed by atoms with Crippen molar-refractivity contribution in [3.63, 3.8) is 0 Å². The number of amides is 1. The van der Waals surface area contributed by atoms with Crippen LogP contribution in [0.4, 0.5) is 0 Å². The molecule has 5 rings (SSSR count). The van der Waals surface area contributed by atoms with Gasteiger partial charge in [0.25, 0.3) is 5.91 Å². The van der Waals surface area contributed by atoms with E-state index in [0.29, 0.717) is 63.4 Å². The predicted molar refractivity (Wildman–Crippen MR) is 124 cm³/mol. The fraction of sp³-hybridized carbons (Fsp3) is 0.375. The van der Waals surface area contributed by atoms with Crippen molar-refractivity contribution in [1.82, 2.24) is 18.8 Å². The summed E-state index contributed by atoms with van der Waals surface area (Å²) in [5.74, 6) is 0.138. The van der Waals surface area contributed by atoms with Crippen LogP contribution >= 0.6 is 0 Å². The number of fused-ring (bicyclic) bond motifs is 1. The lowest BCUT2D eigenvalue weighted by Gasteiger charge is -2.31. The van der Waals surface area contributed by atoms with Crippen molar-refractivity contribution in [2.45, 2.75) is 23.7 Å². The second-order valence-corrected chi connectivity index (χ2v) is 10.5. The highest BCUT2D eigenvalue weighted by molar-refractivity contribution is 7.89. The molecule has 2 aromatic heterocycles. The summed E-state index contributed by atoms with van der Waals surface area (Å²) in [6, 6.07) is 12.1. The van der Waals surface area contributed by atoms with Crippen LogP contribution in [0.5, 0.6) is 0 Å². The summed E-state index contributed by atoms with van der Waals surface area (Å²) in [5.41, 5.74) is 2.73. The number of hydrogen-bond acceptors (Lipinski definition) is 6. The average Bonchev–Trinajstić information content (AvgIpc) is 3.32. The van der Waals surface area contributed by atoms with Crippen molar-refractivity contribution >= 4 is 21.4 Å². The quantitative estimate of drug-likeness (QED) is 0.568. The van der Waals surface area contributed by atoms with E-state index in [-0.39, 0.29) is 16.7 Å². The Morgan fingerprint density at radius 3 is 2.59 bits per heavy atom. The minimum Gasteiger partial charge on any atom is -0.378 e. The molecule has 0 atom stereocenters. The number of carbonyl (C=O) groups is 1. The van der Waals surface area contributed by atoms with Gasteiger partial charge in [0.05, 0.1) is 47.0 Å². The zero-order chi connectivity index (χ0) is 23.7. The molecule has 10 heteroatoms. The Bertz CT molecular complexity index is 1360. The number of morpholine rings is 1. The Hall–Kier alpha value is -3.26. The molecule has 0 N–H and O–H groups in total. The smallest absolute Gasteiger partial charge is 0.257 e. The molecule has 0 saturated carbocycles. The molecule has 0 spiro atoms. The first-order valence-electron chi connectivity index (χ1n) is 11.3. The van der Waals surface area contributed by atoms with E-state index in [2.05, 4.69) is 5.10 Å². The van der Waals surface area contributed by atoms with Crippen LogP contribution in [-0.4, -0.2) is 72.5 Å². The molecule has 34 heavy (non-hydrogen) atoms. The summed E-state index contributed by atoms with van der Waals surface area (Å²) in [6.07, 6.45) is 4.82. The molecule has 1 aromatic carbocycles. The lowest BCUT2D eigenvalue weighted by Crippen LogP contribution is -2.40. The third kappa shape index (κ3) is 4.18. The summed E-state index contributed by atoms with van der Waals surface area (Å²) in [6.45, 7) is 3.01. The number of benzene rings is 1. The van der Waals surface area contributed by atoms with Gasteiger partial charge in [0.1, 0.15) is 0 Å². The van der Waals surface area contributed by atoms with Crippen LogP contribution in [-0.2, 0) is 14.8 Å². The second-order valence-electron chi connectivity index (χ2n) is 8.57. The van der Waals surface area contributed by atoms with E-state index in [1.54, 1.807) is 27.7 Å². The summed E-state index contributed by atoms with van der Waals surface area (Å²) >= 11 is 0. The fourth-order valence-electron chi connectivity index (χ4n) is 4.66. The molecular formula is C24H25N5O4S. The SMILES string of the molecule is N#Cc1cccc(S(=O)(=O)N2CCC(c3ccn4ncc(C(=O)N5CCOCC5)c4c3)CC2)c1. The van der Waals surface area contributed by atoms with Gasteiger partial charge < -0.3 is 9.64 Å². The normalized spacial score (nSPS) is 18.1. The van der Waals surface area contributed by atoms with E-state index in [1.165, 1.54) is 16.4 Å². The maximum absolute atomic E-state index is 13.1. The maximum Gasteiger partial charge on any atom is 0.257 e. The lowest BCUT2D eigenvalue weighted by atomic mass is 9.90. The summed E-state index contributed by atoms with van der Waals surface area (Å²) in [4.78, 5) is 15.0. The highest BCUT2D eigenvalue weighted by Gasteiger charge is 2.30. The highest BCUT2D eigenvalue weighted by Crippen LogP contribution is 2.32. The molecule has 4 heterocycles. The number of ether oxygens (including phenoxy) is 1. The van der Waals surface area contributed by atoms with Crippen LogP contribution in [0.25, 0.3) is 5.52 Å². The molecule has 2 aliphatic rings. The van der Waals surface area contributed by atoms with Gasteiger partial charge in [0.15, 0.2) is 0 Å². The number of nitrogens with zero attached hydrogens (tertiary/aromatic N) is 5. The maximum atomic E-state index is 13.1. The first-order chi connectivity index (χ1) is 16.5. The third-order valence-corrected chi connectivity index (χ3v) is 8.50. The zero-order valence-corrected chi connectivity index (χ0v) is 19.4. The van der Waals surface area contributed by atoms with Crippen molar-refractivity contribution in [3.8, 4) is 6.07 Å². The third-order valence-electron chi connectivity index (χ3n) is 6.60. The average molecular weight is 480 g/mol. The topological polar surface area (TPSA) is 108 Å². The van der Waals surface area contributed by atoms with Crippen LogP contribution in [0.1, 0.15) is 40.2 Å². The molecule has 0 bridgehead atoms. The molecule has 1 amide bonds. The van der Waals surface area contributed by atoms with E-state index < -0.39 is 10.0 Å². The van der Waals surface area contributed by atoms with E-state index >= 15 is 0 Å². The molecule has 0 radical (unpaired) electrons. The molecule has 9 nitrogen and oxygen atoms in total. The van der Waals surface area contributed by atoms with E-state index in [0.717, 1.165) is 11.1 Å². The van der Waals surface area contributed by atoms with Gasteiger partial charge in [-0.2, -0.15) is 14.7 Å². The molecule has 176 valence electrons. The van der Waals surface area contributed by atoms with Crippen LogP contribution in [0.15, 0.2) is 53.7 Å². The van der Waals surface area contributed by atoms with Gasteiger partial charge in [-0.25, -0.2) is 12.9 Å². The van der Waals surface area contributed by atoms with Gasteiger partial charge in [-0.15, -0.1) is 0 Å². The number of nitriles is 1. The molecule has 0 unspecified atom stereocenters. The van der Waals surface area contributed by atoms with Crippen LogP contribution < -0.4 is 0 Å². The van der Waals surface area contributed by atoms with Gasteiger partial charge in [-0.3, -0.25) is 4.79 Å². The van der Waals surface area contributed by atoms with Crippen LogP contribution in [0, 0.1) is 11.3 Å². The van der Waals surface area contributed by atoms with Gasteiger partial charge >= 0.3 is 0 Å². The van der Waals surface area contributed by atoms with E-state index in [1.807, 2.05) is 24.4 Å². The lowest BCUT2D eigenvalue weighted by molar-refractivity contribution is 0.0304. The Kier molecular flexibility index (Phi) is 6.08. The molecule has 3 aromatic rings. The van der Waals surface area contributed by atoms with E-state index in [4.69, 9.17) is 10.00 Å². The first kappa shape index (κ1) is 22.5.